The quantitative estimate of drug-likeness (QED) is 0.457. The molecule has 0 N–H and O–H groups in total. The van der Waals surface area contributed by atoms with Crippen LogP contribution in [0.1, 0.15) is 19.8 Å². The number of carboxylic acids is 1. The van der Waals surface area contributed by atoms with Gasteiger partial charge in [-0.2, -0.15) is 0 Å². The van der Waals surface area contributed by atoms with Crippen molar-refractivity contribution in [3.63, 3.8) is 0 Å². The summed E-state index contributed by atoms with van der Waals surface area (Å²) in [6.07, 6.45) is 2.42. The van der Waals surface area contributed by atoms with Crippen LogP contribution in [-0.4, -0.2) is 13.1 Å². The first-order chi connectivity index (χ1) is 10.6. The van der Waals surface area contributed by atoms with Crippen molar-refractivity contribution in [1.82, 2.24) is 0 Å². The minimum atomic E-state index is -0.961. The van der Waals surface area contributed by atoms with Crippen LogP contribution in [-0.2, 0) is 4.79 Å². The van der Waals surface area contributed by atoms with Crippen molar-refractivity contribution in [3.8, 4) is 5.75 Å². The maximum atomic E-state index is 11.2. The van der Waals surface area contributed by atoms with Crippen molar-refractivity contribution in [3.05, 3.63) is 40.9 Å². The van der Waals surface area contributed by atoms with Gasteiger partial charge in [-0.05, 0) is 24.6 Å². The Morgan fingerprint density at radius 2 is 1.91 bits per heavy atom. The summed E-state index contributed by atoms with van der Waals surface area (Å²) in [7, 11) is 1.52. The third-order valence-corrected chi connectivity index (χ3v) is 2.94. The van der Waals surface area contributed by atoms with Gasteiger partial charge in [-0.25, -0.2) is 4.79 Å². The zero-order chi connectivity index (χ0) is 16.1. The SMILES string of the molecule is CCCC(=O)[O-].COc1c2occc2cc2ccc(=O)oc12.[Na+]. The van der Waals surface area contributed by atoms with Gasteiger partial charge in [0.25, 0.3) is 0 Å². The number of furan rings is 1. The summed E-state index contributed by atoms with van der Waals surface area (Å²) >= 11 is 0. The maximum Gasteiger partial charge on any atom is 1.00 e. The topological polar surface area (TPSA) is 92.7 Å². The van der Waals surface area contributed by atoms with Crippen molar-refractivity contribution >= 4 is 27.9 Å². The molecule has 3 aromatic rings. The van der Waals surface area contributed by atoms with Crippen LogP contribution in [0, 0.1) is 0 Å². The molecular weight excluding hydrogens is 311 g/mol. The van der Waals surface area contributed by atoms with Crippen molar-refractivity contribution in [2.75, 3.05) is 7.11 Å². The van der Waals surface area contributed by atoms with Crippen molar-refractivity contribution in [2.45, 2.75) is 19.8 Å². The molecule has 0 bridgehead atoms. The number of benzene rings is 1. The Balaban J connectivity index is 0.000000330. The van der Waals surface area contributed by atoms with E-state index in [9.17, 15) is 14.7 Å². The molecule has 0 radical (unpaired) electrons. The number of hydrogen-bond acceptors (Lipinski definition) is 6. The van der Waals surface area contributed by atoms with Crippen LogP contribution in [0.15, 0.2) is 44.2 Å². The smallest absolute Gasteiger partial charge is 0.550 e. The molecular formula is C16H15NaO6. The fourth-order valence-electron chi connectivity index (χ4n) is 2.00. The Hall–Kier alpha value is -1.76. The maximum absolute atomic E-state index is 11.2. The van der Waals surface area contributed by atoms with E-state index >= 15 is 0 Å². The normalized spacial score (nSPS) is 9.83. The molecule has 7 heteroatoms. The van der Waals surface area contributed by atoms with Gasteiger partial charge in [0.2, 0.25) is 5.75 Å². The molecule has 0 atom stereocenters. The summed E-state index contributed by atoms with van der Waals surface area (Å²) in [5.74, 6) is -0.507. The van der Waals surface area contributed by atoms with Gasteiger partial charge >= 0.3 is 35.2 Å². The van der Waals surface area contributed by atoms with Crippen LogP contribution in [0.2, 0.25) is 0 Å². The second kappa shape index (κ2) is 8.76. The first kappa shape index (κ1) is 19.3. The first-order valence-corrected chi connectivity index (χ1v) is 6.74. The van der Waals surface area contributed by atoms with Crippen molar-refractivity contribution in [2.24, 2.45) is 0 Å². The Bertz CT molecular complexity index is 849. The Labute approximate surface area is 154 Å². The number of aliphatic carboxylic acids is 1. The minimum Gasteiger partial charge on any atom is -0.550 e. The van der Waals surface area contributed by atoms with Gasteiger partial charge in [0, 0.05) is 22.8 Å². The first-order valence-electron chi connectivity index (χ1n) is 6.74. The molecule has 116 valence electrons. The van der Waals surface area contributed by atoms with Crippen molar-refractivity contribution in [1.29, 1.82) is 0 Å². The number of fused-ring (bicyclic) bond motifs is 2. The number of hydrogen-bond donors (Lipinski definition) is 0. The summed E-state index contributed by atoms with van der Waals surface area (Å²) in [5.41, 5.74) is 0.596. The molecule has 2 heterocycles. The average molecular weight is 326 g/mol. The summed E-state index contributed by atoms with van der Waals surface area (Å²) in [5, 5.41) is 11.2. The number of carboxylic acid groups (broad SMARTS) is 1. The molecule has 0 aliphatic heterocycles. The molecule has 0 aliphatic rings. The number of carbonyl (C=O) groups excluding carboxylic acids is 1. The van der Waals surface area contributed by atoms with Crippen LogP contribution in [0.25, 0.3) is 21.9 Å². The Morgan fingerprint density at radius 1 is 1.22 bits per heavy atom. The molecule has 23 heavy (non-hydrogen) atoms. The number of ether oxygens (including phenoxy) is 1. The molecule has 1 aromatic carbocycles. The molecule has 2 aromatic heterocycles. The third-order valence-electron chi connectivity index (χ3n) is 2.94. The average Bonchev–Trinajstić information content (AvgIpc) is 2.93. The van der Waals surface area contributed by atoms with Gasteiger partial charge in [0.1, 0.15) is 0 Å². The molecule has 0 saturated carbocycles. The molecule has 0 saturated heterocycles. The van der Waals surface area contributed by atoms with Crippen LogP contribution >= 0.6 is 0 Å². The van der Waals surface area contributed by atoms with Crippen LogP contribution in [0.4, 0.5) is 0 Å². The monoisotopic (exact) mass is 326 g/mol. The van der Waals surface area contributed by atoms with E-state index in [1.165, 1.54) is 13.2 Å². The van der Waals surface area contributed by atoms with Crippen molar-refractivity contribution < 1.29 is 53.0 Å². The summed E-state index contributed by atoms with van der Waals surface area (Å²) < 4.78 is 15.6. The predicted octanol–water partition coefficient (Wildman–Crippen LogP) is -0.912. The largest absolute Gasteiger partial charge is 1.00 e. The summed E-state index contributed by atoms with van der Waals surface area (Å²) in [4.78, 5) is 20.7. The number of methoxy groups -OCH3 is 1. The van der Waals surface area contributed by atoms with E-state index in [1.54, 1.807) is 19.3 Å². The second-order valence-electron chi connectivity index (χ2n) is 4.54. The van der Waals surface area contributed by atoms with Crippen LogP contribution in [0.3, 0.4) is 0 Å². The van der Waals surface area contributed by atoms with E-state index in [0.29, 0.717) is 23.3 Å². The Kier molecular flexibility index (Phi) is 7.35. The fourth-order valence-corrected chi connectivity index (χ4v) is 2.00. The van der Waals surface area contributed by atoms with E-state index in [1.807, 2.05) is 12.1 Å². The van der Waals surface area contributed by atoms with Gasteiger partial charge in [0.05, 0.1) is 13.4 Å². The van der Waals surface area contributed by atoms with E-state index in [4.69, 9.17) is 13.6 Å². The number of rotatable bonds is 3. The zero-order valence-corrected chi connectivity index (χ0v) is 15.3. The van der Waals surface area contributed by atoms with Gasteiger partial charge < -0.3 is 23.5 Å². The van der Waals surface area contributed by atoms with E-state index < -0.39 is 11.6 Å². The van der Waals surface area contributed by atoms with E-state index in [-0.39, 0.29) is 36.0 Å². The summed E-state index contributed by atoms with van der Waals surface area (Å²) in [6.45, 7) is 1.80. The van der Waals surface area contributed by atoms with Gasteiger partial charge in [-0.3, -0.25) is 0 Å². The second-order valence-corrected chi connectivity index (χ2v) is 4.54. The molecule has 0 unspecified atom stereocenters. The molecule has 0 aliphatic carbocycles. The molecule has 3 rings (SSSR count). The fraction of sp³-hybridized carbons (Fsp3) is 0.250. The standard InChI is InChI=1S/C12H8O4.C4H8O2.Na/c1-14-12-10-8(4-5-15-10)6-7-2-3-9(13)16-11(7)12;1-2-3-4(5)6;/h2-6H,1H3;2-3H2,1H3,(H,5,6);/q;;+1/p-1. The van der Waals surface area contributed by atoms with Crippen LogP contribution in [0.5, 0.6) is 5.75 Å². The van der Waals surface area contributed by atoms with E-state index in [2.05, 4.69) is 0 Å². The molecule has 6 nitrogen and oxygen atoms in total. The van der Waals surface area contributed by atoms with Gasteiger partial charge in [-0.15, -0.1) is 0 Å². The minimum absolute atomic E-state index is 0. The number of carbonyl (C=O) groups is 1. The summed E-state index contributed by atoms with van der Waals surface area (Å²) in [6, 6.07) is 6.81. The predicted molar refractivity (Wildman–Crippen MR) is 78.7 cm³/mol. The van der Waals surface area contributed by atoms with Gasteiger partial charge in [-0.1, -0.05) is 13.3 Å². The van der Waals surface area contributed by atoms with Gasteiger partial charge in [0.15, 0.2) is 11.2 Å². The molecule has 0 amide bonds. The third kappa shape index (κ3) is 4.60. The Morgan fingerprint density at radius 3 is 2.48 bits per heavy atom. The van der Waals surface area contributed by atoms with Crippen LogP contribution < -0.4 is 45.0 Å². The van der Waals surface area contributed by atoms with E-state index in [0.717, 1.165) is 10.8 Å². The molecule has 0 fully saturated rings. The zero-order valence-electron chi connectivity index (χ0n) is 13.3. The molecule has 0 spiro atoms.